The maximum atomic E-state index is 12.5. The van der Waals surface area contributed by atoms with Gasteiger partial charge in [0, 0.05) is 23.7 Å². The highest BCUT2D eigenvalue weighted by atomic mass is 35.5. The van der Waals surface area contributed by atoms with E-state index in [2.05, 4.69) is 0 Å². The Hall–Kier alpha value is -1.55. The fourth-order valence-electron chi connectivity index (χ4n) is 2.56. The van der Waals surface area contributed by atoms with Crippen molar-refractivity contribution in [2.45, 2.75) is 19.8 Å². The van der Waals surface area contributed by atoms with Gasteiger partial charge in [-0.25, -0.2) is 0 Å². The Kier molecular flexibility index (Phi) is 4.65. The average molecular weight is 296 g/mol. The van der Waals surface area contributed by atoms with Gasteiger partial charge in [0.2, 0.25) is 0 Å². The zero-order valence-electron chi connectivity index (χ0n) is 11.7. The molecular formula is C15H18ClNO3. The quantitative estimate of drug-likeness (QED) is 0.788. The van der Waals surface area contributed by atoms with E-state index in [9.17, 15) is 9.59 Å². The summed E-state index contributed by atoms with van der Waals surface area (Å²) in [6, 6.07) is 5.29. The molecule has 1 aliphatic rings. The molecule has 0 spiro atoms. The Morgan fingerprint density at radius 3 is 2.75 bits per heavy atom. The molecule has 1 fully saturated rings. The van der Waals surface area contributed by atoms with Crippen molar-refractivity contribution in [2.24, 2.45) is 5.92 Å². The summed E-state index contributed by atoms with van der Waals surface area (Å²) in [5.41, 5.74) is 1.52. The number of ether oxygens (including phenoxy) is 1. The molecule has 20 heavy (non-hydrogen) atoms. The molecule has 1 atom stereocenters. The first kappa shape index (κ1) is 14.9. The lowest BCUT2D eigenvalue weighted by molar-refractivity contribution is -0.146. The summed E-state index contributed by atoms with van der Waals surface area (Å²) in [5.74, 6) is -0.549. The molecule has 0 radical (unpaired) electrons. The summed E-state index contributed by atoms with van der Waals surface area (Å²) < 4.78 is 4.76. The van der Waals surface area contributed by atoms with Crippen LogP contribution in [0.5, 0.6) is 0 Å². The highest BCUT2D eigenvalue weighted by Gasteiger charge is 2.29. The normalized spacial score (nSPS) is 18.8. The Morgan fingerprint density at radius 1 is 1.35 bits per heavy atom. The first-order valence-corrected chi connectivity index (χ1v) is 7.03. The molecule has 5 heteroatoms. The van der Waals surface area contributed by atoms with Gasteiger partial charge in [0.25, 0.3) is 5.91 Å². The minimum Gasteiger partial charge on any atom is -0.469 e. The summed E-state index contributed by atoms with van der Waals surface area (Å²) in [5, 5.41) is 0.551. The van der Waals surface area contributed by atoms with Gasteiger partial charge in [0.15, 0.2) is 0 Å². The van der Waals surface area contributed by atoms with Gasteiger partial charge in [0.05, 0.1) is 13.0 Å². The minimum atomic E-state index is -0.246. The molecule has 0 N–H and O–H groups in total. The van der Waals surface area contributed by atoms with Crippen molar-refractivity contribution in [3.05, 3.63) is 34.3 Å². The van der Waals surface area contributed by atoms with E-state index in [-0.39, 0.29) is 17.8 Å². The van der Waals surface area contributed by atoms with Crippen LogP contribution in [0.3, 0.4) is 0 Å². The van der Waals surface area contributed by atoms with E-state index >= 15 is 0 Å². The number of carbonyl (C=O) groups is 2. The van der Waals surface area contributed by atoms with Crippen molar-refractivity contribution in [2.75, 3.05) is 20.2 Å². The summed E-state index contributed by atoms with van der Waals surface area (Å²) >= 11 is 5.99. The monoisotopic (exact) mass is 295 g/mol. The number of amides is 1. The van der Waals surface area contributed by atoms with Crippen LogP contribution in [0.25, 0.3) is 0 Å². The maximum Gasteiger partial charge on any atom is 0.310 e. The third-order valence-electron chi connectivity index (χ3n) is 3.53. The van der Waals surface area contributed by atoms with E-state index in [0.717, 1.165) is 18.4 Å². The predicted octanol–water partition coefficient (Wildman–Crippen LogP) is 2.67. The summed E-state index contributed by atoms with van der Waals surface area (Å²) in [6.45, 7) is 2.98. The smallest absolute Gasteiger partial charge is 0.310 e. The average Bonchev–Trinajstić information content (AvgIpc) is 2.44. The highest BCUT2D eigenvalue weighted by Crippen LogP contribution is 2.21. The third-order valence-corrected chi connectivity index (χ3v) is 3.75. The predicted molar refractivity (Wildman–Crippen MR) is 76.8 cm³/mol. The standard InChI is InChI=1S/C15H18ClNO3/c1-10-6-12(8-13(16)7-10)14(18)17-5-3-4-11(9-17)15(19)20-2/h6-8,11H,3-5,9H2,1-2H3/t11-/m0/s1. The molecule has 1 amide bonds. The molecule has 2 rings (SSSR count). The Morgan fingerprint density at radius 2 is 2.10 bits per heavy atom. The second-order valence-electron chi connectivity index (χ2n) is 5.13. The number of likely N-dealkylation sites (tertiary alicyclic amines) is 1. The molecule has 4 nitrogen and oxygen atoms in total. The maximum absolute atomic E-state index is 12.5. The van der Waals surface area contributed by atoms with Gasteiger partial charge in [-0.1, -0.05) is 11.6 Å². The molecule has 1 heterocycles. The molecule has 1 aromatic rings. The molecule has 1 aromatic carbocycles. The lowest BCUT2D eigenvalue weighted by Crippen LogP contribution is -2.42. The van der Waals surface area contributed by atoms with Crippen LogP contribution in [0, 0.1) is 12.8 Å². The molecular weight excluding hydrogens is 278 g/mol. The number of hydrogen-bond donors (Lipinski definition) is 0. The molecule has 0 saturated carbocycles. The first-order valence-electron chi connectivity index (χ1n) is 6.65. The summed E-state index contributed by atoms with van der Waals surface area (Å²) in [6.07, 6.45) is 1.58. The largest absolute Gasteiger partial charge is 0.469 e. The van der Waals surface area contributed by atoms with Gasteiger partial charge in [-0.05, 0) is 43.5 Å². The van der Waals surface area contributed by atoms with E-state index in [0.29, 0.717) is 23.7 Å². The zero-order valence-corrected chi connectivity index (χ0v) is 12.4. The van der Waals surface area contributed by atoms with Crippen LogP contribution < -0.4 is 0 Å². The molecule has 1 saturated heterocycles. The number of carbonyl (C=O) groups excluding carboxylic acids is 2. The van der Waals surface area contributed by atoms with Gasteiger partial charge in [-0.15, -0.1) is 0 Å². The van der Waals surface area contributed by atoms with Gasteiger partial charge in [-0.3, -0.25) is 9.59 Å². The van der Waals surface area contributed by atoms with Crippen LogP contribution in [-0.2, 0) is 9.53 Å². The number of piperidine rings is 1. The second kappa shape index (κ2) is 6.27. The Labute approximate surface area is 123 Å². The van der Waals surface area contributed by atoms with Crippen LogP contribution >= 0.6 is 11.6 Å². The van der Waals surface area contributed by atoms with Crippen LogP contribution in [0.2, 0.25) is 5.02 Å². The zero-order chi connectivity index (χ0) is 14.7. The molecule has 0 unspecified atom stereocenters. The van der Waals surface area contributed by atoms with Crippen molar-refractivity contribution in [1.29, 1.82) is 0 Å². The lowest BCUT2D eigenvalue weighted by Gasteiger charge is -2.31. The number of methoxy groups -OCH3 is 1. The van der Waals surface area contributed by atoms with E-state index in [1.54, 1.807) is 11.0 Å². The fraction of sp³-hybridized carbons (Fsp3) is 0.467. The molecule has 108 valence electrons. The van der Waals surface area contributed by atoms with Crippen LogP contribution in [0.1, 0.15) is 28.8 Å². The lowest BCUT2D eigenvalue weighted by atomic mass is 9.97. The number of aryl methyl sites for hydroxylation is 1. The Balaban J connectivity index is 2.14. The number of benzene rings is 1. The number of rotatable bonds is 2. The van der Waals surface area contributed by atoms with Crippen molar-refractivity contribution in [3.63, 3.8) is 0 Å². The van der Waals surface area contributed by atoms with Crippen LogP contribution in [-0.4, -0.2) is 37.0 Å². The Bertz CT molecular complexity index is 510. The van der Waals surface area contributed by atoms with Crippen molar-refractivity contribution in [1.82, 2.24) is 4.90 Å². The summed E-state index contributed by atoms with van der Waals surface area (Å²) in [4.78, 5) is 25.8. The molecule has 0 aliphatic carbocycles. The van der Waals surface area contributed by atoms with Gasteiger partial charge >= 0.3 is 5.97 Å². The van der Waals surface area contributed by atoms with E-state index in [4.69, 9.17) is 16.3 Å². The molecule has 0 aromatic heterocycles. The van der Waals surface area contributed by atoms with E-state index < -0.39 is 0 Å². The van der Waals surface area contributed by atoms with E-state index in [1.807, 2.05) is 19.1 Å². The SMILES string of the molecule is COC(=O)[C@H]1CCCN(C(=O)c2cc(C)cc(Cl)c2)C1. The van der Waals surface area contributed by atoms with Crippen molar-refractivity contribution >= 4 is 23.5 Å². The molecule has 0 bridgehead atoms. The van der Waals surface area contributed by atoms with Crippen LogP contribution in [0.15, 0.2) is 18.2 Å². The van der Waals surface area contributed by atoms with Crippen molar-refractivity contribution < 1.29 is 14.3 Å². The number of hydrogen-bond acceptors (Lipinski definition) is 3. The van der Waals surface area contributed by atoms with E-state index in [1.165, 1.54) is 7.11 Å². The highest BCUT2D eigenvalue weighted by molar-refractivity contribution is 6.31. The first-order chi connectivity index (χ1) is 9.51. The number of esters is 1. The fourth-order valence-corrected chi connectivity index (χ4v) is 2.85. The molecule has 1 aliphatic heterocycles. The van der Waals surface area contributed by atoms with Crippen LogP contribution in [0.4, 0.5) is 0 Å². The second-order valence-corrected chi connectivity index (χ2v) is 5.57. The number of halogens is 1. The third kappa shape index (κ3) is 3.31. The van der Waals surface area contributed by atoms with Gasteiger partial charge < -0.3 is 9.64 Å². The van der Waals surface area contributed by atoms with Crippen molar-refractivity contribution in [3.8, 4) is 0 Å². The van der Waals surface area contributed by atoms with Gasteiger partial charge in [0.1, 0.15) is 0 Å². The summed E-state index contributed by atoms with van der Waals surface area (Å²) in [7, 11) is 1.38. The topological polar surface area (TPSA) is 46.6 Å². The number of nitrogens with zero attached hydrogens (tertiary/aromatic N) is 1. The van der Waals surface area contributed by atoms with Gasteiger partial charge in [-0.2, -0.15) is 0 Å². The minimum absolute atomic E-state index is 0.0794.